The van der Waals surface area contributed by atoms with Crippen molar-refractivity contribution in [3.05, 3.63) is 77.1 Å². The van der Waals surface area contributed by atoms with E-state index < -0.39 is 0 Å². The molecule has 1 N–H and O–H groups in total. The molecule has 4 aromatic rings. The number of imidazole rings is 1. The SMILES string of the molecule is CN1C(=O)c2cccc(C3CC3)c2C2CC1c1nc3ccc(-c4cnc(C5CC(C)(CO)C5)nc4)cc3n12. The fourth-order valence-corrected chi connectivity index (χ4v) is 7.22. The second-order valence-electron chi connectivity index (χ2n) is 12.2. The summed E-state index contributed by atoms with van der Waals surface area (Å²) in [5.41, 5.74) is 7.53. The highest BCUT2D eigenvalue weighted by Gasteiger charge is 2.46. The van der Waals surface area contributed by atoms with Gasteiger partial charge in [0.15, 0.2) is 0 Å². The normalized spacial score (nSPS) is 27.7. The summed E-state index contributed by atoms with van der Waals surface area (Å²) in [6.45, 7) is 2.34. The van der Waals surface area contributed by atoms with E-state index >= 15 is 0 Å². The number of aliphatic hydroxyl groups is 1. The van der Waals surface area contributed by atoms with E-state index in [0.29, 0.717) is 11.8 Å². The molecule has 4 heterocycles. The van der Waals surface area contributed by atoms with Gasteiger partial charge in [0.2, 0.25) is 0 Å². The molecule has 2 fully saturated rings. The number of aliphatic hydroxyl groups excluding tert-OH is 1. The van der Waals surface area contributed by atoms with Crippen LogP contribution < -0.4 is 0 Å². The van der Waals surface area contributed by atoms with E-state index in [9.17, 15) is 9.90 Å². The van der Waals surface area contributed by atoms with Gasteiger partial charge in [-0.15, -0.1) is 0 Å². The van der Waals surface area contributed by atoms with Gasteiger partial charge < -0.3 is 14.6 Å². The number of amides is 1. The van der Waals surface area contributed by atoms with Crippen molar-refractivity contribution in [3.8, 4) is 11.1 Å². The largest absolute Gasteiger partial charge is 0.396 e. The van der Waals surface area contributed by atoms with Crippen LogP contribution in [0.4, 0.5) is 0 Å². The third-order valence-corrected chi connectivity index (χ3v) is 9.51. The number of carbonyl (C=O) groups excluding carboxylic acids is 1. The molecule has 0 radical (unpaired) electrons. The van der Waals surface area contributed by atoms with Crippen LogP contribution in [0, 0.1) is 5.41 Å². The average molecular weight is 506 g/mol. The van der Waals surface area contributed by atoms with Crippen LogP contribution in [-0.2, 0) is 0 Å². The molecule has 7 heteroatoms. The third-order valence-electron chi connectivity index (χ3n) is 9.51. The van der Waals surface area contributed by atoms with Crippen molar-refractivity contribution in [1.82, 2.24) is 24.4 Å². The molecule has 2 aliphatic heterocycles. The Balaban J connectivity index is 1.21. The van der Waals surface area contributed by atoms with Crippen LogP contribution >= 0.6 is 0 Å². The van der Waals surface area contributed by atoms with Gasteiger partial charge in [-0.05, 0) is 71.9 Å². The summed E-state index contributed by atoms with van der Waals surface area (Å²) in [6.07, 6.45) is 8.99. The van der Waals surface area contributed by atoms with Crippen LogP contribution in [0.3, 0.4) is 0 Å². The number of hydrogen-bond donors (Lipinski definition) is 1. The summed E-state index contributed by atoms with van der Waals surface area (Å²) in [6, 6.07) is 12.8. The molecule has 38 heavy (non-hydrogen) atoms. The first-order valence-corrected chi connectivity index (χ1v) is 13.8. The van der Waals surface area contributed by atoms with E-state index in [-0.39, 0.29) is 30.0 Å². The number of hydrogen-bond acceptors (Lipinski definition) is 5. The molecule has 7 nitrogen and oxygen atoms in total. The van der Waals surface area contributed by atoms with Gasteiger partial charge in [-0.1, -0.05) is 25.1 Å². The smallest absolute Gasteiger partial charge is 0.254 e. The number of benzene rings is 2. The number of rotatable bonds is 4. The van der Waals surface area contributed by atoms with Crippen LogP contribution in [-0.4, -0.2) is 49.1 Å². The highest BCUT2D eigenvalue weighted by molar-refractivity contribution is 5.97. The molecule has 0 saturated heterocycles. The Labute approximate surface area is 221 Å². The van der Waals surface area contributed by atoms with E-state index in [1.807, 2.05) is 30.4 Å². The summed E-state index contributed by atoms with van der Waals surface area (Å²) >= 11 is 0. The Kier molecular flexibility index (Phi) is 4.56. The molecule has 2 atom stereocenters. The average Bonchev–Trinajstić information content (AvgIpc) is 3.63. The van der Waals surface area contributed by atoms with Gasteiger partial charge in [-0.3, -0.25) is 4.79 Å². The summed E-state index contributed by atoms with van der Waals surface area (Å²) in [7, 11) is 1.92. The summed E-state index contributed by atoms with van der Waals surface area (Å²) in [5.74, 6) is 2.85. The lowest BCUT2D eigenvalue weighted by atomic mass is 9.63. The lowest BCUT2D eigenvalue weighted by Crippen LogP contribution is -2.36. The second kappa shape index (κ2) is 7.73. The summed E-state index contributed by atoms with van der Waals surface area (Å²) in [5, 5.41) is 9.57. The van der Waals surface area contributed by atoms with Crippen molar-refractivity contribution >= 4 is 16.9 Å². The van der Waals surface area contributed by atoms with E-state index in [1.54, 1.807) is 0 Å². The first kappa shape index (κ1) is 22.4. The lowest BCUT2D eigenvalue weighted by molar-refractivity contribution is 0.0406. The standard InChI is InChI=1S/C31H31N5O2/c1-31(16-37)12-19(13-31)28-32-14-20(15-33-28)18-8-9-23-24(10-18)36-25-11-26(29(36)34-23)35(2)30(38)22-5-3-4-21(27(22)25)17-6-7-17/h3-5,8-10,14-15,17,19,25-26,37H,6-7,11-13,16H2,1-2H3. The van der Waals surface area contributed by atoms with Crippen LogP contribution in [0.1, 0.15) is 96.1 Å². The molecule has 0 spiro atoms. The van der Waals surface area contributed by atoms with Crippen molar-refractivity contribution < 1.29 is 9.90 Å². The van der Waals surface area contributed by atoms with Crippen molar-refractivity contribution in [2.24, 2.45) is 5.41 Å². The number of nitrogens with zero attached hydrogens (tertiary/aromatic N) is 5. The zero-order valence-electron chi connectivity index (χ0n) is 21.8. The van der Waals surface area contributed by atoms with Gasteiger partial charge in [0, 0.05) is 49.5 Å². The molecule has 4 aliphatic rings. The summed E-state index contributed by atoms with van der Waals surface area (Å²) < 4.78 is 2.40. The topological polar surface area (TPSA) is 84.1 Å². The number of aromatic nitrogens is 4. The van der Waals surface area contributed by atoms with E-state index in [0.717, 1.165) is 58.6 Å². The minimum absolute atomic E-state index is 0.00771. The Morgan fingerprint density at radius 1 is 1.03 bits per heavy atom. The Morgan fingerprint density at radius 3 is 2.55 bits per heavy atom. The van der Waals surface area contributed by atoms with E-state index in [4.69, 9.17) is 15.0 Å². The molecule has 2 aromatic carbocycles. The Bertz CT molecular complexity index is 1610. The molecule has 192 valence electrons. The van der Waals surface area contributed by atoms with Gasteiger partial charge in [0.05, 0.1) is 23.1 Å². The van der Waals surface area contributed by atoms with Crippen molar-refractivity contribution in [3.63, 3.8) is 0 Å². The highest BCUT2D eigenvalue weighted by atomic mass is 16.3. The minimum atomic E-state index is -0.0301. The molecular formula is C31H31N5O2. The molecule has 1 amide bonds. The molecule has 2 saturated carbocycles. The highest BCUT2D eigenvalue weighted by Crippen LogP contribution is 2.52. The molecule has 8 rings (SSSR count). The predicted octanol–water partition coefficient (Wildman–Crippen LogP) is 5.37. The first-order valence-electron chi connectivity index (χ1n) is 13.8. The predicted molar refractivity (Wildman–Crippen MR) is 144 cm³/mol. The van der Waals surface area contributed by atoms with Gasteiger partial charge in [0.1, 0.15) is 11.6 Å². The Morgan fingerprint density at radius 2 is 1.82 bits per heavy atom. The molecule has 2 unspecified atom stereocenters. The van der Waals surface area contributed by atoms with Gasteiger partial charge in [0.25, 0.3) is 5.91 Å². The zero-order valence-corrected chi connectivity index (χ0v) is 21.8. The van der Waals surface area contributed by atoms with Crippen LogP contribution in [0.25, 0.3) is 22.2 Å². The Hall–Kier alpha value is -3.58. The third kappa shape index (κ3) is 3.11. The zero-order chi connectivity index (χ0) is 25.8. The maximum absolute atomic E-state index is 13.5. The fourth-order valence-electron chi connectivity index (χ4n) is 7.22. The fraction of sp³-hybridized carbons (Fsp3) is 0.419. The van der Waals surface area contributed by atoms with Gasteiger partial charge >= 0.3 is 0 Å². The van der Waals surface area contributed by atoms with E-state index in [1.165, 1.54) is 24.0 Å². The number of fused-ring (bicyclic) bond motifs is 9. The van der Waals surface area contributed by atoms with Gasteiger partial charge in [-0.2, -0.15) is 0 Å². The van der Waals surface area contributed by atoms with Gasteiger partial charge in [-0.25, -0.2) is 15.0 Å². The monoisotopic (exact) mass is 505 g/mol. The van der Waals surface area contributed by atoms with Crippen LogP contribution in [0.2, 0.25) is 0 Å². The maximum Gasteiger partial charge on any atom is 0.254 e. The van der Waals surface area contributed by atoms with Crippen molar-refractivity contribution in [1.29, 1.82) is 0 Å². The molecular weight excluding hydrogens is 474 g/mol. The van der Waals surface area contributed by atoms with E-state index in [2.05, 4.69) is 41.8 Å². The molecule has 2 aliphatic carbocycles. The summed E-state index contributed by atoms with van der Waals surface area (Å²) in [4.78, 5) is 29.9. The van der Waals surface area contributed by atoms with Crippen LogP contribution in [0.15, 0.2) is 48.8 Å². The van der Waals surface area contributed by atoms with Crippen molar-refractivity contribution in [2.75, 3.05) is 13.7 Å². The van der Waals surface area contributed by atoms with Crippen molar-refractivity contribution in [2.45, 2.75) is 62.9 Å². The minimum Gasteiger partial charge on any atom is -0.396 e. The second-order valence-corrected chi connectivity index (χ2v) is 12.2. The lowest BCUT2D eigenvalue weighted by Gasteiger charge is -2.43. The quantitative estimate of drug-likeness (QED) is 0.403. The molecule has 2 bridgehead atoms. The number of carbonyl (C=O) groups is 1. The molecule has 2 aromatic heterocycles. The van der Waals surface area contributed by atoms with Crippen LogP contribution in [0.5, 0.6) is 0 Å². The maximum atomic E-state index is 13.5. The first-order chi connectivity index (χ1) is 18.4.